The van der Waals surface area contributed by atoms with Crippen LogP contribution in [0.5, 0.6) is 0 Å². The lowest BCUT2D eigenvalue weighted by atomic mass is 10.2. The summed E-state index contributed by atoms with van der Waals surface area (Å²) in [5.41, 5.74) is 1.22. The van der Waals surface area contributed by atoms with Gasteiger partial charge in [0, 0.05) is 11.5 Å². The fourth-order valence-corrected chi connectivity index (χ4v) is 2.70. The van der Waals surface area contributed by atoms with Crippen molar-refractivity contribution in [3.63, 3.8) is 0 Å². The van der Waals surface area contributed by atoms with Gasteiger partial charge in [-0.2, -0.15) is 0 Å². The molecule has 21 heavy (non-hydrogen) atoms. The molecule has 0 N–H and O–H groups in total. The van der Waals surface area contributed by atoms with E-state index in [0.29, 0.717) is 5.70 Å². The molecule has 0 atom stereocenters. The van der Waals surface area contributed by atoms with Gasteiger partial charge in [0.1, 0.15) is 0 Å². The molecule has 0 aliphatic heterocycles. The van der Waals surface area contributed by atoms with Gasteiger partial charge in [0.25, 0.3) is 0 Å². The maximum absolute atomic E-state index is 12.4. The molecule has 0 bridgehead atoms. The highest BCUT2D eigenvalue weighted by Crippen LogP contribution is 2.07. The van der Waals surface area contributed by atoms with E-state index in [2.05, 4.69) is 6.58 Å². The lowest BCUT2D eigenvalue weighted by molar-refractivity contribution is 0.726. The van der Waals surface area contributed by atoms with E-state index < -0.39 is 0 Å². The van der Waals surface area contributed by atoms with Gasteiger partial charge in [-0.1, -0.05) is 49.1 Å². The van der Waals surface area contributed by atoms with Gasteiger partial charge in [-0.3, -0.25) is 4.79 Å². The van der Waals surface area contributed by atoms with Gasteiger partial charge >= 0.3 is 10.6 Å². The normalized spacial score (nSPS) is 12.0. The average Bonchev–Trinajstić information content (AvgIpc) is 2.76. The summed E-state index contributed by atoms with van der Waals surface area (Å²) in [7, 11) is 0. The predicted octanol–water partition coefficient (Wildman–Crippen LogP) is 2.72. The van der Waals surface area contributed by atoms with E-state index in [4.69, 9.17) is 0 Å². The molecule has 1 aromatic carbocycles. The maximum Gasteiger partial charge on any atom is 0.346 e. The summed E-state index contributed by atoms with van der Waals surface area (Å²) in [5, 5.41) is 0. The summed E-state index contributed by atoms with van der Waals surface area (Å²) in [5.74, 6) is 0. The van der Waals surface area contributed by atoms with Crippen LogP contribution in [-0.2, 0) is 6.54 Å². The van der Waals surface area contributed by atoms with Gasteiger partial charge < -0.3 is 0 Å². The maximum atomic E-state index is 12.4. The van der Waals surface area contributed by atoms with Crippen molar-refractivity contribution in [2.75, 3.05) is 0 Å². The predicted molar refractivity (Wildman–Crippen MR) is 87.7 cm³/mol. The van der Waals surface area contributed by atoms with Crippen molar-refractivity contribution in [2.24, 2.45) is 0 Å². The molecule has 108 valence electrons. The molecule has 0 aliphatic rings. The van der Waals surface area contributed by atoms with Gasteiger partial charge in [0.15, 0.2) is 0 Å². The lowest BCUT2D eigenvalue weighted by Gasteiger charge is -2.01. The van der Waals surface area contributed by atoms with Crippen LogP contribution in [0.15, 0.2) is 70.8 Å². The molecule has 2 aromatic rings. The second-order valence-electron chi connectivity index (χ2n) is 4.33. The van der Waals surface area contributed by atoms with Gasteiger partial charge in [-0.05, 0) is 24.6 Å². The molecule has 0 radical (unpaired) electrons. The minimum Gasteiger partial charge on any atom is -0.255 e. The van der Waals surface area contributed by atoms with E-state index in [1.165, 1.54) is 8.52 Å². The third-order valence-electron chi connectivity index (χ3n) is 2.84. The van der Waals surface area contributed by atoms with Crippen molar-refractivity contribution in [1.82, 2.24) is 8.52 Å². The van der Waals surface area contributed by atoms with E-state index in [9.17, 15) is 9.59 Å². The Bertz CT molecular complexity index is 792. The Kier molecular flexibility index (Phi) is 4.90. The Hall–Kier alpha value is -2.40. The zero-order valence-corrected chi connectivity index (χ0v) is 12.5. The number of nitrogens with zero attached hydrogens (tertiary/aromatic N) is 2. The van der Waals surface area contributed by atoms with E-state index in [1.54, 1.807) is 18.2 Å². The van der Waals surface area contributed by atoms with Crippen molar-refractivity contribution in [3.05, 3.63) is 86.9 Å². The quantitative estimate of drug-likeness (QED) is 0.797. The van der Waals surface area contributed by atoms with Crippen molar-refractivity contribution in [2.45, 2.75) is 13.5 Å². The van der Waals surface area contributed by atoms with Gasteiger partial charge in [-0.25, -0.2) is 13.3 Å². The Morgan fingerprint density at radius 2 is 2.00 bits per heavy atom. The highest BCUT2D eigenvalue weighted by molar-refractivity contribution is 7.04. The summed E-state index contributed by atoms with van der Waals surface area (Å²) < 4.78 is 2.62. The summed E-state index contributed by atoms with van der Waals surface area (Å²) in [4.78, 5) is 24.2. The van der Waals surface area contributed by atoms with E-state index in [-0.39, 0.29) is 17.1 Å². The molecule has 2 rings (SSSR count). The number of hydrogen-bond acceptors (Lipinski definition) is 3. The van der Waals surface area contributed by atoms with Crippen LogP contribution in [0, 0.1) is 0 Å². The van der Waals surface area contributed by atoms with E-state index >= 15 is 0 Å². The molecule has 0 amide bonds. The van der Waals surface area contributed by atoms with Crippen LogP contribution in [-0.4, -0.2) is 8.52 Å². The van der Waals surface area contributed by atoms with Crippen LogP contribution in [0.2, 0.25) is 0 Å². The second kappa shape index (κ2) is 6.85. The largest absolute Gasteiger partial charge is 0.346 e. The van der Waals surface area contributed by atoms with Crippen LogP contribution in [0.25, 0.3) is 5.70 Å². The molecule has 1 aromatic heterocycles. The van der Waals surface area contributed by atoms with Crippen molar-refractivity contribution >= 4 is 17.2 Å². The lowest BCUT2D eigenvalue weighted by Crippen LogP contribution is -2.29. The summed E-state index contributed by atoms with van der Waals surface area (Å²) in [6.07, 6.45) is 6.87. The standard InChI is InChI=1S/C16H16N2O2S/c1-3-8-14(9-4-2)18-15(19)17(16(20)21-18)12-13-10-6-5-7-11-13/h3-11H,1,12H2,2H3/b9-4-,14-8+. The molecule has 4 nitrogen and oxygen atoms in total. The zero-order chi connectivity index (χ0) is 15.2. The second-order valence-corrected chi connectivity index (χ2v) is 5.23. The minimum absolute atomic E-state index is 0.275. The molecule has 0 aliphatic carbocycles. The summed E-state index contributed by atoms with van der Waals surface area (Å²) in [6.45, 7) is 5.76. The Morgan fingerprint density at radius 3 is 2.62 bits per heavy atom. The first-order valence-corrected chi connectivity index (χ1v) is 7.27. The molecule has 5 heteroatoms. The smallest absolute Gasteiger partial charge is 0.255 e. The average molecular weight is 300 g/mol. The fraction of sp³-hybridized carbons (Fsp3) is 0.125. The monoisotopic (exact) mass is 300 g/mol. The number of aromatic nitrogens is 2. The van der Waals surface area contributed by atoms with Crippen LogP contribution >= 0.6 is 11.5 Å². The SMILES string of the molecule is C=C/C=C(\C=C/C)n1sc(=O)n(Cc2ccccc2)c1=O. The molecule has 0 spiro atoms. The number of hydrogen-bond donors (Lipinski definition) is 0. The van der Waals surface area contributed by atoms with Crippen LogP contribution in [0.4, 0.5) is 0 Å². The first-order valence-electron chi connectivity index (χ1n) is 6.50. The zero-order valence-electron chi connectivity index (χ0n) is 11.7. The van der Waals surface area contributed by atoms with Gasteiger partial charge in [0.05, 0.1) is 12.2 Å². The van der Waals surface area contributed by atoms with Crippen molar-refractivity contribution < 1.29 is 0 Å². The van der Waals surface area contributed by atoms with Crippen molar-refractivity contribution in [1.29, 1.82) is 0 Å². The summed E-state index contributed by atoms with van der Waals surface area (Å²) >= 11 is 0.892. The van der Waals surface area contributed by atoms with Gasteiger partial charge in [-0.15, -0.1) is 0 Å². The Morgan fingerprint density at radius 1 is 1.29 bits per heavy atom. The molecular weight excluding hydrogens is 284 g/mol. The number of allylic oxidation sites excluding steroid dienone is 5. The Labute approximate surface area is 126 Å². The first kappa shape index (κ1) is 15.0. The molecular formula is C16H16N2O2S. The Balaban J connectivity index is 2.47. The molecule has 0 fully saturated rings. The van der Waals surface area contributed by atoms with Gasteiger partial charge in [0.2, 0.25) is 0 Å². The molecule has 0 saturated carbocycles. The van der Waals surface area contributed by atoms with E-state index in [1.807, 2.05) is 43.3 Å². The van der Waals surface area contributed by atoms with Crippen LogP contribution in [0.1, 0.15) is 12.5 Å². The fourth-order valence-electron chi connectivity index (χ4n) is 1.90. The van der Waals surface area contributed by atoms with Crippen LogP contribution < -0.4 is 10.6 Å². The molecule has 0 saturated heterocycles. The highest BCUT2D eigenvalue weighted by atomic mass is 32.1. The number of benzene rings is 1. The number of rotatable bonds is 5. The third kappa shape index (κ3) is 3.38. The van der Waals surface area contributed by atoms with Crippen LogP contribution in [0.3, 0.4) is 0 Å². The topological polar surface area (TPSA) is 44.0 Å². The first-order chi connectivity index (χ1) is 10.2. The molecule has 1 heterocycles. The minimum atomic E-state index is -0.333. The highest BCUT2D eigenvalue weighted by Gasteiger charge is 2.12. The summed E-state index contributed by atoms with van der Waals surface area (Å²) in [6, 6.07) is 9.44. The van der Waals surface area contributed by atoms with E-state index in [0.717, 1.165) is 17.1 Å². The molecule has 0 unspecified atom stereocenters. The van der Waals surface area contributed by atoms with Crippen molar-refractivity contribution in [3.8, 4) is 0 Å². The third-order valence-corrected chi connectivity index (χ3v) is 3.76.